The van der Waals surface area contributed by atoms with E-state index >= 15 is 0 Å². The van der Waals surface area contributed by atoms with Crippen molar-refractivity contribution in [3.63, 3.8) is 0 Å². The molecule has 3 heteroatoms. The molecule has 2 rings (SSSR count). The Morgan fingerprint density at radius 2 is 2.17 bits per heavy atom. The second kappa shape index (κ2) is 5.22. The Hall–Kier alpha value is -0.540. The first kappa shape index (κ1) is 13.9. The molecule has 1 fully saturated rings. The van der Waals surface area contributed by atoms with E-state index in [1.165, 1.54) is 16.8 Å². The van der Waals surface area contributed by atoms with Crippen LogP contribution in [0.5, 0.6) is 0 Å². The van der Waals surface area contributed by atoms with Gasteiger partial charge in [0.15, 0.2) is 0 Å². The third kappa shape index (κ3) is 3.07. The number of hydrogen-bond acceptors (Lipinski definition) is 2. The monoisotopic (exact) mass is 311 g/mol. The summed E-state index contributed by atoms with van der Waals surface area (Å²) in [7, 11) is 0. The molecule has 0 aliphatic carbocycles. The van der Waals surface area contributed by atoms with Gasteiger partial charge in [-0.05, 0) is 39.3 Å². The van der Waals surface area contributed by atoms with Gasteiger partial charge in [-0.15, -0.1) is 0 Å². The number of rotatable bonds is 2. The summed E-state index contributed by atoms with van der Waals surface area (Å²) in [5.41, 5.74) is 3.93. The molecule has 0 radical (unpaired) electrons. The maximum Gasteiger partial charge on any atom is 0.0805 e. The third-order valence-electron chi connectivity index (χ3n) is 3.29. The molecule has 1 atom stereocenters. The summed E-state index contributed by atoms with van der Waals surface area (Å²) in [4.78, 5) is 2.45. The molecule has 1 aromatic rings. The van der Waals surface area contributed by atoms with Crippen molar-refractivity contribution in [1.29, 1.82) is 0 Å². The van der Waals surface area contributed by atoms with Gasteiger partial charge in [0.05, 0.1) is 11.7 Å². The Labute approximate surface area is 118 Å². The van der Waals surface area contributed by atoms with Crippen molar-refractivity contribution >= 4 is 21.6 Å². The molecule has 0 spiro atoms. The Kier molecular flexibility index (Phi) is 4.02. The van der Waals surface area contributed by atoms with Crippen LogP contribution in [-0.2, 0) is 10.1 Å². The normalized spacial score (nSPS) is 23.2. The molecule has 100 valence electrons. The quantitative estimate of drug-likeness (QED) is 0.768. The fourth-order valence-corrected chi connectivity index (χ4v) is 3.22. The van der Waals surface area contributed by atoms with Crippen LogP contribution < -0.4 is 4.90 Å². The minimum absolute atomic E-state index is 0.0772. The fraction of sp³-hybridized carbons (Fsp3) is 0.600. The molecule has 2 nitrogen and oxygen atoms in total. The zero-order valence-electron chi connectivity index (χ0n) is 11.7. The van der Waals surface area contributed by atoms with Gasteiger partial charge < -0.3 is 9.64 Å². The zero-order valence-corrected chi connectivity index (χ0v) is 13.3. The van der Waals surface area contributed by atoms with E-state index in [9.17, 15) is 0 Å². The number of alkyl halides is 1. The molecule has 1 unspecified atom stereocenters. The van der Waals surface area contributed by atoms with E-state index in [0.29, 0.717) is 0 Å². The van der Waals surface area contributed by atoms with Crippen LogP contribution >= 0.6 is 15.9 Å². The minimum Gasteiger partial charge on any atom is -0.369 e. The largest absolute Gasteiger partial charge is 0.369 e. The second-order valence-corrected chi connectivity index (χ2v) is 6.40. The van der Waals surface area contributed by atoms with Crippen LogP contribution in [0.3, 0.4) is 0 Å². The maximum absolute atomic E-state index is 5.97. The molecule has 1 heterocycles. The van der Waals surface area contributed by atoms with Crippen LogP contribution in [0.1, 0.15) is 31.9 Å². The third-order valence-corrected chi connectivity index (χ3v) is 3.89. The average molecular weight is 312 g/mol. The number of halogens is 1. The fourth-order valence-electron chi connectivity index (χ4n) is 2.77. The van der Waals surface area contributed by atoms with Crippen molar-refractivity contribution in [2.24, 2.45) is 0 Å². The van der Waals surface area contributed by atoms with Crippen molar-refractivity contribution in [2.75, 3.05) is 18.0 Å². The molecule has 18 heavy (non-hydrogen) atoms. The van der Waals surface area contributed by atoms with Gasteiger partial charge in [0, 0.05) is 24.1 Å². The standard InChI is InChI=1S/C15H22BrNO/c1-11-5-6-14(13(7-11)8-16)17-9-12(2)18-15(3,4)10-17/h5-7,12H,8-10H2,1-4H3. The summed E-state index contributed by atoms with van der Waals surface area (Å²) in [6.07, 6.45) is 0.276. The van der Waals surface area contributed by atoms with Crippen molar-refractivity contribution in [2.45, 2.75) is 44.7 Å². The number of ether oxygens (including phenoxy) is 1. The van der Waals surface area contributed by atoms with Crippen molar-refractivity contribution in [3.8, 4) is 0 Å². The highest BCUT2D eigenvalue weighted by molar-refractivity contribution is 9.08. The van der Waals surface area contributed by atoms with Crippen molar-refractivity contribution < 1.29 is 4.74 Å². The van der Waals surface area contributed by atoms with E-state index in [4.69, 9.17) is 4.74 Å². The van der Waals surface area contributed by atoms with E-state index in [2.05, 4.69) is 66.7 Å². The Morgan fingerprint density at radius 3 is 2.78 bits per heavy atom. The second-order valence-electron chi connectivity index (χ2n) is 5.83. The average Bonchev–Trinajstić information content (AvgIpc) is 2.25. The highest BCUT2D eigenvalue weighted by Crippen LogP contribution is 2.30. The summed E-state index contributed by atoms with van der Waals surface area (Å²) >= 11 is 3.59. The zero-order chi connectivity index (χ0) is 13.3. The van der Waals surface area contributed by atoms with E-state index in [1.807, 2.05) is 0 Å². The van der Waals surface area contributed by atoms with E-state index in [1.54, 1.807) is 0 Å². The van der Waals surface area contributed by atoms with Gasteiger partial charge in [0.25, 0.3) is 0 Å². The van der Waals surface area contributed by atoms with Gasteiger partial charge >= 0.3 is 0 Å². The number of benzene rings is 1. The lowest BCUT2D eigenvalue weighted by atomic mass is 10.0. The molecular weight excluding hydrogens is 290 g/mol. The first-order chi connectivity index (χ1) is 8.41. The predicted octanol–water partition coefficient (Wildman–Crippen LogP) is 3.89. The minimum atomic E-state index is -0.0772. The van der Waals surface area contributed by atoms with Crippen LogP contribution in [0.4, 0.5) is 5.69 Å². The van der Waals surface area contributed by atoms with Crippen LogP contribution in [0, 0.1) is 6.92 Å². The topological polar surface area (TPSA) is 12.5 Å². The number of morpholine rings is 1. The maximum atomic E-state index is 5.97. The summed E-state index contributed by atoms with van der Waals surface area (Å²) < 4.78 is 5.97. The smallest absolute Gasteiger partial charge is 0.0805 e. The Balaban J connectivity index is 2.30. The number of anilines is 1. The SMILES string of the molecule is Cc1ccc(N2CC(C)OC(C)(C)C2)c(CBr)c1. The van der Waals surface area contributed by atoms with Gasteiger partial charge in [-0.3, -0.25) is 0 Å². The van der Waals surface area contributed by atoms with Crippen LogP contribution in [0.2, 0.25) is 0 Å². The lowest BCUT2D eigenvalue weighted by molar-refractivity contribution is -0.0750. The van der Waals surface area contributed by atoms with Crippen molar-refractivity contribution in [3.05, 3.63) is 29.3 Å². The lowest BCUT2D eigenvalue weighted by Gasteiger charge is -2.43. The molecule has 1 saturated heterocycles. The van der Waals surface area contributed by atoms with Crippen LogP contribution in [0.25, 0.3) is 0 Å². The van der Waals surface area contributed by atoms with E-state index < -0.39 is 0 Å². The van der Waals surface area contributed by atoms with Gasteiger partial charge in [-0.2, -0.15) is 0 Å². The van der Waals surface area contributed by atoms with Crippen molar-refractivity contribution in [1.82, 2.24) is 0 Å². The van der Waals surface area contributed by atoms with Crippen LogP contribution in [-0.4, -0.2) is 24.8 Å². The number of nitrogens with zero attached hydrogens (tertiary/aromatic N) is 1. The molecule has 0 N–H and O–H groups in total. The molecule has 1 aliphatic heterocycles. The lowest BCUT2D eigenvalue weighted by Crippen LogP contribution is -2.52. The summed E-state index contributed by atoms with van der Waals surface area (Å²) in [6.45, 7) is 10.5. The number of hydrogen-bond donors (Lipinski definition) is 0. The molecular formula is C15H22BrNO. The summed E-state index contributed by atoms with van der Waals surface area (Å²) in [5.74, 6) is 0. The van der Waals surface area contributed by atoms with E-state index in [0.717, 1.165) is 18.4 Å². The highest BCUT2D eigenvalue weighted by Gasteiger charge is 2.32. The number of aryl methyl sites for hydroxylation is 1. The molecule has 0 bridgehead atoms. The van der Waals surface area contributed by atoms with E-state index in [-0.39, 0.29) is 11.7 Å². The summed E-state index contributed by atoms with van der Waals surface area (Å²) in [6, 6.07) is 6.69. The molecule has 0 aromatic heterocycles. The van der Waals surface area contributed by atoms with Gasteiger partial charge in [0.1, 0.15) is 0 Å². The first-order valence-corrected chi connectivity index (χ1v) is 7.62. The first-order valence-electron chi connectivity index (χ1n) is 6.49. The van der Waals surface area contributed by atoms with Gasteiger partial charge in [-0.1, -0.05) is 33.6 Å². The Morgan fingerprint density at radius 1 is 1.44 bits per heavy atom. The Bertz CT molecular complexity index is 431. The molecule has 1 aliphatic rings. The summed E-state index contributed by atoms with van der Waals surface area (Å²) in [5, 5.41) is 0.899. The predicted molar refractivity (Wildman–Crippen MR) is 80.6 cm³/mol. The molecule has 1 aromatic carbocycles. The molecule has 0 saturated carbocycles. The van der Waals surface area contributed by atoms with Gasteiger partial charge in [0.2, 0.25) is 0 Å². The molecule has 0 amide bonds. The van der Waals surface area contributed by atoms with Gasteiger partial charge in [-0.25, -0.2) is 0 Å². The van der Waals surface area contributed by atoms with Crippen LogP contribution in [0.15, 0.2) is 18.2 Å². The highest BCUT2D eigenvalue weighted by atomic mass is 79.9.